The third-order valence-corrected chi connectivity index (χ3v) is 5.24. The van der Waals surface area contributed by atoms with Crippen molar-refractivity contribution < 1.29 is 0 Å². The fourth-order valence-electron chi connectivity index (χ4n) is 2.89. The van der Waals surface area contributed by atoms with Gasteiger partial charge in [0.05, 0.1) is 11.0 Å². The Morgan fingerprint density at radius 3 is 1.61 bits per heavy atom. The van der Waals surface area contributed by atoms with Crippen LogP contribution in [-0.4, -0.2) is 9.97 Å². The molecule has 0 atom stereocenters. The molecule has 0 aliphatic heterocycles. The smallest absolute Gasteiger partial charge is 0.0742 e. The van der Waals surface area contributed by atoms with E-state index in [2.05, 4.69) is 72.3 Å². The number of para-hydroxylation sites is 2. The predicted molar refractivity (Wildman–Crippen MR) is 97.1 cm³/mol. The number of rotatable bonds is 2. The van der Waals surface area contributed by atoms with Crippen molar-refractivity contribution in [2.24, 2.45) is 0 Å². The molecular formula is C20H16N2S. The molecule has 2 nitrogen and oxygen atoms in total. The molecule has 3 heteroatoms. The first kappa shape index (κ1) is 14.2. The van der Waals surface area contributed by atoms with E-state index in [-0.39, 0.29) is 0 Å². The lowest BCUT2D eigenvalue weighted by atomic mass is 10.1. The van der Waals surface area contributed by atoms with Crippen LogP contribution in [0.1, 0.15) is 11.1 Å². The molecule has 0 amide bonds. The number of nitrogens with zero attached hydrogens (tertiary/aromatic N) is 2. The number of hydrogen-bond acceptors (Lipinski definition) is 3. The second kappa shape index (κ2) is 5.67. The molecule has 0 aliphatic rings. The first-order valence-corrected chi connectivity index (χ1v) is 8.42. The Hall–Kier alpha value is -2.39. The van der Waals surface area contributed by atoms with E-state index < -0.39 is 0 Å². The van der Waals surface area contributed by atoms with E-state index in [4.69, 9.17) is 0 Å². The Morgan fingerprint density at radius 1 is 0.652 bits per heavy atom. The normalized spacial score (nSPS) is 11.2. The van der Waals surface area contributed by atoms with Crippen LogP contribution in [0.15, 0.2) is 70.7 Å². The maximum Gasteiger partial charge on any atom is 0.0742 e. The van der Waals surface area contributed by atoms with Gasteiger partial charge in [0.25, 0.3) is 0 Å². The van der Waals surface area contributed by atoms with Crippen molar-refractivity contribution in [2.45, 2.75) is 23.6 Å². The van der Waals surface area contributed by atoms with Crippen LogP contribution in [0.5, 0.6) is 0 Å². The Kier molecular flexibility index (Phi) is 3.50. The summed E-state index contributed by atoms with van der Waals surface area (Å²) in [5, 5.41) is 2.41. The van der Waals surface area contributed by atoms with Gasteiger partial charge >= 0.3 is 0 Å². The fraction of sp³-hybridized carbons (Fsp3) is 0.100. The van der Waals surface area contributed by atoms with Gasteiger partial charge in [-0.2, -0.15) is 0 Å². The van der Waals surface area contributed by atoms with E-state index in [9.17, 15) is 0 Å². The number of aromatic nitrogens is 2. The molecule has 112 valence electrons. The summed E-state index contributed by atoms with van der Waals surface area (Å²) in [7, 11) is 0. The summed E-state index contributed by atoms with van der Waals surface area (Å²) in [5.41, 5.74) is 4.57. The molecule has 0 bridgehead atoms. The molecule has 2 heterocycles. The van der Waals surface area contributed by atoms with Gasteiger partial charge in [0.15, 0.2) is 0 Å². The van der Waals surface area contributed by atoms with Gasteiger partial charge in [-0.3, -0.25) is 9.97 Å². The standard InChI is InChI=1S/C20H16N2S/c1-13-5-3-7-15-17(9-11-21-19(13)15)23-18-10-12-22-20-14(2)6-4-8-16(18)20/h3-12H,1-2H3. The largest absolute Gasteiger partial charge is 0.256 e. The van der Waals surface area contributed by atoms with Crippen molar-refractivity contribution in [1.29, 1.82) is 0 Å². The molecule has 0 aliphatic carbocycles. The van der Waals surface area contributed by atoms with E-state index in [1.807, 2.05) is 12.4 Å². The second-order valence-electron chi connectivity index (χ2n) is 5.66. The van der Waals surface area contributed by atoms with Gasteiger partial charge in [0.1, 0.15) is 0 Å². The third kappa shape index (κ3) is 2.47. The van der Waals surface area contributed by atoms with E-state index in [1.54, 1.807) is 11.8 Å². The Morgan fingerprint density at radius 2 is 1.13 bits per heavy atom. The number of pyridine rings is 2. The fourth-order valence-corrected chi connectivity index (χ4v) is 3.94. The summed E-state index contributed by atoms with van der Waals surface area (Å²) >= 11 is 1.78. The average Bonchev–Trinajstić information content (AvgIpc) is 2.57. The van der Waals surface area contributed by atoms with Gasteiger partial charge in [-0.25, -0.2) is 0 Å². The summed E-state index contributed by atoms with van der Waals surface area (Å²) < 4.78 is 0. The highest BCUT2D eigenvalue weighted by Gasteiger charge is 2.09. The molecule has 0 radical (unpaired) electrons. The molecule has 2 aromatic carbocycles. The van der Waals surface area contributed by atoms with Crippen LogP contribution in [0.25, 0.3) is 21.8 Å². The first-order valence-electron chi connectivity index (χ1n) is 7.60. The van der Waals surface area contributed by atoms with E-state index in [1.165, 1.54) is 31.7 Å². The van der Waals surface area contributed by atoms with Gasteiger partial charge in [0, 0.05) is 33.0 Å². The van der Waals surface area contributed by atoms with Crippen LogP contribution in [-0.2, 0) is 0 Å². The van der Waals surface area contributed by atoms with Crippen LogP contribution < -0.4 is 0 Å². The lowest BCUT2D eigenvalue weighted by Crippen LogP contribution is -1.87. The third-order valence-electron chi connectivity index (χ3n) is 4.09. The van der Waals surface area contributed by atoms with Crippen LogP contribution in [0.2, 0.25) is 0 Å². The number of hydrogen-bond donors (Lipinski definition) is 0. The molecule has 0 fully saturated rings. The van der Waals surface area contributed by atoms with Gasteiger partial charge in [-0.1, -0.05) is 48.2 Å². The Bertz CT molecular complexity index is 941. The molecule has 0 unspecified atom stereocenters. The van der Waals surface area contributed by atoms with E-state index in [0.29, 0.717) is 0 Å². The van der Waals surface area contributed by atoms with Crippen LogP contribution in [0.3, 0.4) is 0 Å². The molecule has 0 saturated heterocycles. The zero-order valence-electron chi connectivity index (χ0n) is 13.1. The number of benzene rings is 2. The number of fused-ring (bicyclic) bond motifs is 2. The van der Waals surface area contributed by atoms with Gasteiger partial charge in [-0.15, -0.1) is 0 Å². The highest BCUT2D eigenvalue weighted by Crippen LogP contribution is 2.37. The highest BCUT2D eigenvalue weighted by atomic mass is 32.2. The quantitative estimate of drug-likeness (QED) is 0.485. The summed E-state index contributed by atoms with van der Waals surface area (Å²) in [5.74, 6) is 0. The lowest BCUT2D eigenvalue weighted by Gasteiger charge is -2.10. The zero-order chi connectivity index (χ0) is 15.8. The molecule has 4 rings (SSSR count). The molecule has 0 N–H and O–H groups in total. The first-order chi connectivity index (χ1) is 11.2. The van der Waals surface area contributed by atoms with Crippen LogP contribution in [0.4, 0.5) is 0 Å². The summed E-state index contributed by atoms with van der Waals surface area (Å²) in [6.07, 6.45) is 3.79. The summed E-state index contributed by atoms with van der Waals surface area (Å²) in [6, 6.07) is 16.9. The maximum absolute atomic E-state index is 4.53. The van der Waals surface area contributed by atoms with Crippen molar-refractivity contribution in [3.63, 3.8) is 0 Å². The van der Waals surface area contributed by atoms with Crippen LogP contribution >= 0.6 is 11.8 Å². The Labute approximate surface area is 139 Å². The minimum atomic E-state index is 1.08. The SMILES string of the molecule is Cc1cccc2c(Sc3ccnc4c(C)cccc34)ccnc12. The summed E-state index contributed by atoms with van der Waals surface area (Å²) in [6.45, 7) is 4.21. The van der Waals surface area contributed by atoms with Crippen molar-refractivity contribution in [1.82, 2.24) is 9.97 Å². The predicted octanol–water partition coefficient (Wildman–Crippen LogP) is 5.55. The van der Waals surface area contributed by atoms with E-state index >= 15 is 0 Å². The number of aryl methyl sites for hydroxylation is 2. The molecule has 4 aromatic rings. The second-order valence-corrected chi connectivity index (χ2v) is 6.75. The maximum atomic E-state index is 4.53. The Balaban J connectivity index is 1.89. The molecule has 0 spiro atoms. The van der Waals surface area contributed by atoms with Crippen LogP contribution in [0, 0.1) is 13.8 Å². The lowest BCUT2D eigenvalue weighted by molar-refractivity contribution is 1.30. The topological polar surface area (TPSA) is 25.8 Å². The van der Waals surface area contributed by atoms with Crippen molar-refractivity contribution in [2.75, 3.05) is 0 Å². The monoisotopic (exact) mass is 316 g/mol. The van der Waals surface area contributed by atoms with Crippen molar-refractivity contribution in [3.8, 4) is 0 Å². The van der Waals surface area contributed by atoms with Gasteiger partial charge in [0.2, 0.25) is 0 Å². The average molecular weight is 316 g/mol. The van der Waals surface area contributed by atoms with E-state index in [0.717, 1.165) is 11.0 Å². The van der Waals surface area contributed by atoms with Crippen molar-refractivity contribution >= 4 is 33.6 Å². The molecule has 2 aromatic heterocycles. The highest BCUT2D eigenvalue weighted by molar-refractivity contribution is 7.99. The summed E-state index contributed by atoms with van der Waals surface area (Å²) in [4.78, 5) is 11.5. The van der Waals surface area contributed by atoms with Gasteiger partial charge in [-0.05, 0) is 37.1 Å². The molecule has 23 heavy (non-hydrogen) atoms. The molecular weight excluding hydrogens is 300 g/mol. The molecule has 0 saturated carbocycles. The minimum Gasteiger partial charge on any atom is -0.256 e. The zero-order valence-corrected chi connectivity index (χ0v) is 13.9. The van der Waals surface area contributed by atoms with Crippen molar-refractivity contribution in [3.05, 3.63) is 72.1 Å². The van der Waals surface area contributed by atoms with Gasteiger partial charge < -0.3 is 0 Å². The minimum absolute atomic E-state index is 1.08.